The molecule has 0 aliphatic carbocycles. The van der Waals surface area contributed by atoms with Crippen LogP contribution in [0.15, 0.2) is 72.9 Å². The number of carbonyl (C=O) groups is 1. The topological polar surface area (TPSA) is 71.9 Å². The molecule has 0 spiro atoms. The molecule has 3 rings (SSSR count). The molecule has 0 saturated carbocycles. The van der Waals surface area contributed by atoms with Crippen LogP contribution >= 0.6 is 11.6 Å². The third kappa shape index (κ3) is 3.80. The lowest BCUT2D eigenvalue weighted by molar-refractivity contribution is 0.0997. The van der Waals surface area contributed by atoms with Gasteiger partial charge in [0.15, 0.2) is 0 Å². The minimum Gasteiger partial charge on any atom is -0.365 e. The first-order valence-electron chi connectivity index (χ1n) is 7.90. The Morgan fingerprint density at radius 2 is 1.56 bits per heavy atom. The van der Waals surface area contributed by atoms with E-state index in [1.807, 2.05) is 36.4 Å². The number of carbonyl (C=O) groups excluding carboxylic acids is 1. The summed E-state index contributed by atoms with van der Waals surface area (Å²) in [5, 5.41) is 8.67. The van der Waals surface area contributed by atoms with Gasteiger partial charge in [-0.2, -0.15) is 0 Å². The molecule has 1 amide bonds. The molecule has 2 aromatic carbocycles. The number of hydrogen-bond donors (Lipinski definition) is 2. The van der Waals surface area contributed by atoms with E-state index in [4.69, 9.17) is 22.7 Å². The number of hydrogen-bond acceptors (Lipinski definition) is 2. The van der Waals surface area contributed by atoms with Gasteiger partial charge in [-0.15, -0.1) is 0 Å². The smallest absolute Gasteiger partial charge is 0.252 e. The number of nitrogens with two attached hydrogens (primary N) is 1. The van der Waals surface area contributed by atoms with Crippen molar-refractivity contribution in [2.45, 2.75) is 12.5 Å². The van der Waals surface area contributed by atoms with E-state index in [2.05, 4.69) is 24.3 Å². The summed E-state index contributed by atoms with van der Waals surface area (Å²) in [4.78, 5) is 11.6. The Hall–Kier alpha value is -2.85. The fourth-order valence-corrected chi connectivity index (χ4v) is 3.14. The Bertz CT molecular complexity index is 897. The van der Waals surface area contributed by atoms with Crippen LogP contribution in [0.3, 0.4) is 0 Å². The zero-order chi connectivity index (χ0) is 17.8. The summed E-state index contributed by atoms with van der Waals surface area (Å²) in [7, 11) is 0. The second kappa shape index (κ2) is 7.36. The summed E-state index contributed by atoms with van der Waals surface area (Å²) < 4.78 is 1.67. The lowest BCUT2D eigenvalue weighted by Gasteiger charge is -2.20. The zero-order valence-corrected chi connectivity index (χ0v) is 14.3. The Balaban J connectivity index is 2.08. The second-order valence-electron chi connectivity index (χ2n) is 5.81. The van der Waals surface area contributed by atoms with E-state index in [-0.39, 0.29) is 17.0 Å². The first-order chi connectivity index (χ1) is 12.1. The maximum absolute atomic E-state index is 11.6. The van der Waals surface area contributed by atoms with Crippen LogP contribution in [-0.2, 0) is 6.54 Å². The third-order valence-electron chi connectivity index (χ3n) is 4.15. The van der Waals surface area contributed by atoms with E-state index in [0.29, 0.717) is 11.6 Å². The van der Waals surface area contributed by atoms with Crippen molar-refractivity contribution in [3.63, 3.8) is 0 Å². The molecule has 3 N–H and O–H groups in total. The van der Waals surface area contributed by atoms with E-state index < -0.39 is 5.91 Å². The molecule has 0 fully saturated rings. The van der Waals surface area contributed by atoms with Crippen LogP contribution in [0.25, 0.3) is 0 Å². The minimum absolute atomic E-state index is 0.0238. The van der Waals surface area contributed by atoms with Gasteiger partial charge in [0.2, 0.25) is 0 Å². The molecule has 0 unspecified atom stereocenters. The summed E-state index contributed by atoms with van der Waals surface area (Å²) in [5.41, 5.74) is 7.81. The van der Waals surface area contributed by atoms with Gasteiger partial charge in [-0.05, 0) is 17.2 Å². The number of amides is 1. The van der Waals surface area contributed by atoms with E-state index in [1.165, 1.54) is 6.07 Å². The van der Waals surface area contributed by atoms with Gasteiger partial charge in [0.25, 0.3) is 5.91 Å². The quantitative estimate of drug-likeness (QED) is 0.725. The monoisotopic (exact) mass is 351 g/mol. The highest BCUT2D eigenvalue weighted by atomic mass is 35.5. The predicted octanol–water partition coefficient (Wildman–Crippen LogP) is 3.55. The Morgan fingerprint density at radius 3 is 2.04 bits per heavy atom. The maximum Gasteiger partial charge on any atom is 0.252 e. The Kier molecular flexibility index (Phi) is 5.00. The Labute approximate surface area is 151 Å². The van der Waals surface area contributed by atoms with Gasteiger partial charge in [0.1, 0.15) is 5.49 Å². The average Bonchev–Trinajstić information content (AvgIpc) is 2.63. The van der Waals surface area contributed by atoms with E-state index >= 15 is 0 Å². The van der Waals surface area contributed by atoms with E-state index in [1.54, 1.807) is 10.8 Å². The number of primary amides is 1. The predicted molar refractivity (Wildman–Crippen MR) is 98.5 cm³/mol. The molecule has 0 radical (unpaired) electrons. The molecule has 126 valence electrons. The van der Waals surface area contributed by atoms with Crippen molar-refractivity contribution >= 4 is 17.5 Å². The molecule has 4 nitrogen and oxygen atoms in total. The average molecular weight is 352 g/mol. The lowest BCUT2D eigenvalue weighted by atomic mass is 9.91. The highest BCUT2D eigenvalue weighted by Gasteiger charge is 2.17. The molecule has 0 aliphatic rings. The number of nitrogens with zero attached hydrogens (tertiary/aromatic N) is 1. The SMILES string of the molecule is N=c1c(C(N)=O)cc(Cl)cn1CC(c1ccccc1)c1ccccc1. The fraction of sp³-hybridized carbons (Fsp3) is 0.100. The van der Waals surface area contributed by atoms with Crippen LogP contribution in [0, 0.1) is 5.41 Å². The van der Waals surface area contributed by atoms with Crippen molar-refractivity contribution in [1.82, 2.24) is 4.57 Å². The lowest BCUT2D eigenvalue weighted by Crippen LogP contribution is -2.31. The number of nitrogens with one attached hydrogen (secondary N) is 1. The standard InChI is InChI=1S/C20H18ClN3O/c21-16-11-17(20(23)25)19(22)24(12-16)13-18(14-7-3-1-4-8-14)15-9-5-2-6-10-15/h1-12,18,22H,13H2,(H2,23,25). The van der Waals surface area contributed by atoms with Gasteiger partial charge in [0, 0.05) is 18.7 Å². The number of halogens is 1. The van der Waals surface area contributed by atoms with Crippen LogP contribution in [0.5, 0.6) is 0 Å². The summed E-state index contributed by atoms with van der Waals surface area (Å²) in [6, 6.07) is 21.6. The molecule has 0 bridgehead atoms. The van der Waals surface area contributed by atoms with Gasteiger partial charge in [-0.3, -0.25) is 10.2 Å². The van der Waals surface area contributed by atoms with E-state index in [0.717, 1.165) is 11.1 Å². The first-order valence-corrected chi connectivity index (χ1v) is 8.28. The summed E-state index contributed by atoms with van der Waals surface area (Å²) >= 11 is 6.13. The molecular weight excluding hydrogens is 334 g/mol. The fourth-order valence-electron chi connectivity index (χ4n) is 2.91. The van der Waals surface area contributed by atoms with Crippen molar-refractivity contribution in [1.29, 1.82) is 5.41 Å². The molecule has 0 atom stereocenters. The van der Waals surface area contributed by atoms with Gasteiger partial charge in [0.05, 0.1) is 10.6 Å². The molecule has 0 aliphatic heterocycles. The number of rotatable bonds is 5. The van der Waals surface area contributed by atoms with Gasteiger partial charge < -0.3 is 10.3 Å². The number of aromatic nitrogens is 1. The molecule has 1 aromatic heterocycles. The van der Waals surface area contributed by atoms with Crippen molar-refractivity contribution in [3.8, 4) is 0 Å². The van der Waals surface area contributed by atoms with Crippen LogP contribution < -0.4 is 11.2 Å². The van der Waals surface area contributed by atoms with Gasteiger partial charge >= 0.3 is 0 Å². The van der Waals surface area contributed by atoms with Crippen LogP contribution in [0.2, 0.25) is 5.02 Å². The van der Waals surface area contributed by atoms with Crippen molar-refractivity contribution in [3.05, 3.63) is 100 Å². The molecule has 1 heterocycles. The molecule has 0 saturated heterocycles. The summed E-state index contributed by atoms with van der Waals surface area (Å²) in [5.74, 6) is -0.632. The molecule has 3 aromatic rings. The molecular formula is C20H18ClN3O. The van der Waals surface area contributed by atoms with Gasteiger partial charge in [-0.25, -0.2) is 0 Å². The first kappa shape index (κ1) is 17.0. The largest absolute Gasteiger partial charge is 0.365 e. The van der Waals surface area contributed by atoms with Crippen molar-refractivity contribution < 1.29 is 4.79 Å². The van der Waals surface area contributed by atoms with Gasteiger partial charge in [-0.1, -0.05) is 72.3 Å². The second-order valence-corrected chi connectivity index (χ2v) is 6.25. The zero-order valence-electron chi connectivity index (χ0n) is 13.5. The van der Waals surface area contributed by atoms with Crippen molar-refractivity contribution in [2.75, 3.05) is 0 Å². The maximum atomic E-state index is 11.6. The normalized spacial score (nSPS) is 10.8. The Morgan fingerprint density at radius 1 is 1.04 bits per heavy atom. The summed E-state index contributed by atoms with van der Waals surface area (Å²) in [6.07, 6.45) is 1.66. The minimum atomic E-state index is -0.655. The molecule has 25 heavy (non-hydrogen) atoms. The van der Waals surface area contributed by atoms with Crippen LogP contribution in [0.1, 0.15) is 27.4 Å². The third-order valence-corrected chi connectivity index (χ3v) is 4.36. The van der Waals surface area contributed by atoms with E-state index in [9.17, 15) is 4.79 Å². The molecule has 5 heteroatoms. The number of benzene rings is 2. The number of pyridine rings is 1. The van der Waals surface area contributed by atoms with Crippen molar-refractivity contribution in [2.24, 2.45) is 5.73 Å². The van der Waals surface area contributed by atoms with Crippen LogP contribution in [-0.4, -0.2) is 10.5 Å². The summed E-state index contributed by atoms with van der Waals surface area (Å²) in [6.45, 7) is 0.480. The highest BCUT2D eigenvalue weighted by Crippen LogP contribution is 2.26. The van der Waals surface area contributed by atoms with Crippen LogP contribution in [0.4, 0.5) is 0 Å². The highest BCUT2D eigenvalue weighted by molar-refractivity contribution is 6.30.